The van der Waals surface area contributed by atoms with E-state index < -0.39 is 15.9 Å². The third-order valence-corrected chi connectivity index (χ3v) is 5.83. The van der Waals surface area contributed by atoms with Gasteiger partial charge in [0.1, 0.15) is 11.1 Å². The van der Waals surface area contributed by atoms with Gasteiger partial charge in [0.05, 0.1) is 17.0 Å². The average Bonchev–Trinajstić information content (AvgIpc) is 2.94. The Morgan fingerprint density at radius 3 is 2.61 bits per heavy atom. The number of carbonyl (C=O) groups excluding carboxylic acids is 1. The number of sulfonamides is 1. The maximum atomic E-state index is 12.4. The second-order valence-electron chi connectivity index (χ2n) is 4.54. The molecule has 0 bridgehead atoms. The number of benzene rings is 1. The fourth-order valence-electron chi connectivity index (χ4n) is 1.73. The van der Waals surface area contributed by atoms with Crippen molar-refractivity contribution < 1.29 is 13.2 Å². The molecule has 0 aliphatic rings. The van der Waals surface area contributed by atoms with Crippen LogP contribution in [0.25, 0.3) is 0 Å². The fourth-order valence-corrected chi connectivity index (χ4v) is 3.74. The average molecular weight is 370 g/mol. The number of likely N-dealkylation sites (N-methyl/N-ethyl adjacent to an activating group) is 1. The number of hydrogen-bond donors (Lipinski definition) is 1. The van der Waals surface area contributed by atoms with Crippen LogP contribution in [-0.2, 0) is 14.8 Å². The number of amides is 1. The fraction of sp³-hybridized carbons (Fsp3) is 0.143. The minimum absolute atomic E-state index is 0.0473. The molecule has 0 saturated carbocycles. The third-order valence-electron chi connectivity index (χ3n) is 2.93. The van der Waals surface area contributed by atoms with Crippen LogP contribution in [0, 0.1) is 11.3 Å². The summed E-state index contributed by atoms with van der Waals surface area (Å²) in [5.41, 5.74) is 0.339. The number of anilines is 1. The number of nitriles is 1. The summed E-state index contributed by atoms with van der Waals surface area (Å²) in [6.45, 7) is -0.367. The van der Waals surface area contributed by atoms with E-state index in [1.165, 1.54) is 42.6 Å². The molecule has 1 N–H and O–H groups in total. The monoisotopic (exact) mass is 369 g/mol. The molecule has 0 aliphatic heterocycles. The van der Waals surface area contributed by atoms with Crippen molar-refractivity contribution in [2.45, 2.75) is 4.90 Å². The molecule has 1 heterocycles. The molecule has 2 aromatic rings. The summed E-state index contributed by atoms with van der Waals surface area (Å²) in [6.07, 6.45) is 0. The SMILES string of the molecule is CN(CC(=O)Nc1sccc1C#N)S(=O)(=O)c1ccc(Cl)cc1. The maximum absolute atomic E-state index is 12.4. The predicted molar refractivity (Wildman–Crippen MR) is 88.9 cm³/mol. The third kappa shape index (κ3) is 4.09. The highest BCUT2D eigenvalue weighted by Crippen LogP contribution is 2.22. The van der Waals surface area contributed by atoms with E-state index in [1.54, 1.807) is 11.4 Å². The van der Waals surface area contributed by atoms with Gasteiger partial charge >= 0.3 is 0 Å². The zero-order valence-electron chi connectivity index (χ0n) is 12.0. The number of thiophene rings is 1. The van der Waals surface area contributed by atoms with Gasteiger partial charge in [0.15, 0.2) is 0 Å². The van der Waals surface area contributed by atoms with Crippen molar-refractivity contribution in [1.29, 1.82) is 5.26 Å². The van der Waals surface area contributed by atoms with E-state index in [-0.39, 0.29) is 11.4 Å². The van der Waals surface area contributed by atoms with Gasteiger partial charge in [0.2, 0.25) is 15.9 Å². The van der Waals surface area contributed by atoms with Crippen molar-refractivity contribution in [1.82, 2.24) is 4.31 Å². The van der Waals surface area contributed by atoms with Gasteiger partial charge in [-0.1, -0.05) is 11.6 Å². The van der Waals surface area contributed by atoms with Crippen molar-refractivity contribution in [2.75, 3.05) is 18.9 Å². The Hall–Kier alpha value is -1.92. The lowest BCUT2D eigenvalue weighted by Crippen LogP contribution is -2.34. The molecule has 6 nitrogen and oxygen atoms in total. The van der Waals surface area contributed by atoms with E-state index in [1.807, 2.05) is 6.07 Å². The van der Waals surface area contributed by atoms with Crippen molar-refractivity contribution in [3.8, 4) is 6.07 Å². The van der Waals surface area contributed by atoms with Crippen LogP contribution in [-0.4, -0.2) is 32.2 Å². The van der Waals surface area contributed by atoms with E-state index in [9.17, 15) is 13.2 Å². The Bertz CT molecular complexity index is 854. The highest BCUT2D eigenvalue weighted by Gasteiger charge is 2.23. The summed E-state index contributed by atoms with van der Waals surface area (Å²) in [7, 11) is -2.48. The summed E-state index contributed by atoms with van der Waals surface area (Å²) >= 11 is 6.93. The van der Waals surface area contributed by atoms with Crippen LogP contribution in [0.2, 0.25) is 5.02 Å². The predicted octanol–water partition coefficient (Wildman–Crippen LogP) is 2.53. The Balaban J connectivity index is 2.09. The number of halogens is 1. The van der Waals surface area contributed by atoms with Crippen molar-refractivity contribution in [3.63, 3.8) is 0 Å². The van der Waals surface area contributed by atoms with E-state index in [2.05, 4.69) is 5.32 Å². The topological polar surface area (TPSA) is 90.3 Å². The summed E-state index contributed by atoms with van der Waals surface area (Å²) in [4.78, 5) is 12.0. The molecule has 0 spiro atoms. The highest BCUT2D eigenvalue weighted by atomic mass is 35.5. The minimum Gasteiger partial charge on any atom is -0.315 e. The number of nitrogens with one attached hydrogen (secondary N) is 1. The molecule has 0 atom stereocenters. The standard InChI is InChI=1S/C14H12ClN3O3S2/c1-18(23(20,21)12-4-2-11(15)3-5-12)9-13(19)17-14-10(8-16)6-7-22-14/h2-7H,9H2,1H3,(H,17,19). The minimum atomic E-state index is -3.79. The Morgan fingerprint density at radius 2 is 2.00 bits per heavy atom. The van der Waals surface area contributed by atoms with Crippen molar-refractivity contribution >= 4 is 43.9 Å². The van der Waals surface area contributed by atoms with Gasteiger partial charge < -0.3 is 5.32 Å². The second kappa shape index (κ2) is 7.10. The van der Waals surface area contributed by atoms with E-state index in [0.717, 1.165) is 4.31 Å². The van der Waals surface area contributed by atoms with Crippen molar-refractivity contribution in [2.24, 2.45) is 0 Å². The number of hydrogen-bond acceptors (Lipinski definition) is 5. The molecule has 0 fully saturated rings. The van der Waals surface area contributed by atoms with E-state index in [0.29, 0.717) is 15.6 Å². The number of nitrogens with zero attached hydrogens (tertiary/aromatic N) is 2. The van der Waals surface area contributed by atoms with Gasteiger partial charge in [0, 0.05) is 12.1 Å². The molecule has 2 rings (SSSR count). The zero-order chi connectivity index (χ0) is 17.0. The first-order chi connectivity index (χ1) is 10.8. The maximum Gasteiger partial charge on any atom is 0.243 e. The van der Waals surface area contributed by atoms with E-state index >= 15 is 0 Å². The van der Waals surface area contributed by atoms with Gasteiger partial charge in [-0.05, 0) is 35.7 Å². The largest absolute Gasteiger partial charge is 0.315 e. The van der Waals surface area contributed by atoms with Crippen LogP contribution in [0.4, 0.5) is 5.00 Å². The second-order valence-corrected chi connectivity index (χ2v) is 7.94. The lowest BCUT2D eigenvalue weighted by Gasteiger charge is -2.16. The lowest BCUT2D eigenvalue weighted by atomic mass is 10.3. The Labute approximate surface area is 143 Å². The van der Waals surface area contributed by atoms with Gasteiger partial charge in [-0.25, -0.2) is 8.42 Å². The normalized spacial score (nSPS) is 11.2. The molecule has 0 unspecified atom stereocenters. The molecule has 23 heavy (non-hydrogen) atoms. The molecule has 9 heteroatoms. The van der Waals surface area contributed by atoms with Crippen LogP contribution in [0.1, 0.15) is 5.56 Å². The molecule has 1 aromatic carbocycles. The van der Waals surface area contributed by atoms with E-state index in [4.69, 9.17) is 16.9 Å². The summed E-state index contributed by atoms with van der Waals surface area (Å²) in [5, 5.41) is 13.9. The molecule has 1 aromatic heterocycles. The van der Waals surface area contributed by atoms with Crippen LogP contribution < -0.4 is 5.32 Å². The molecular formula is C14H12ClN3O3S2. The first kappa shape index (κ1) is 17.4. The quantitative estimate of drug-likeness (QED) is 0.876. The first-order valence-electron chi connectivity index (χ1n) is 6.34. The van der Waals surface area contributed by atoms with Gasteiger partial charge in [-0.2, -0.15) is 9.57 Å². The van der Waals surface area contributed by atoms with Crippen LogP contribution in [0.3, 0.4) is 0 Å². The molecule has 1 amide bonds. The molecular weight excluding hydrogens is 358 g/mol. The van der Waals surface area contributed by atoms with Crippen LogP contribution in [0.15, 0.2) is 40.6 Å². The Kier molecular flexibility index (Phi) is 5.38. The first-order valence-corrected chi connectivity index (χ1v) is 9.03. The lowest BCUT2D eigenvalue weighted by molar-refractivity contribution is -0.116. The summed E-state index contributed by atoms with van der Waals surface area (Å²) in [5.74, 6) is -0.524. The summed E-state index contributed by atoms with van der Waals surface area (Å²) in [6, 6.07) is 9.20. The molecule has 0 aliphatic carbocycles. The number of rotatable bonds is 5. The Morgan fingerprint density at radius 1 is 1.35 bits per heavy atom. The zero-order valence-corrected chi connectivity index (χ0v) is 14.4. The molecule has 0 radical (unpaired) electrons. The molecule has 120 valence electrons. The van der Waals surface area contributed by atoms with Crippen LogP contribution in [0.5, 0.6) is 0 Å². The number of carbonyl (C=O) groups is 1. The van der Waals surface area contributed by atoms with Gasteiger partial charge in [-0.3, -0.25) is 4.79 Å². The summed E-state index contributed by atoms with van der Waals surface area (Å²) < 4.78 is 25.7. The van der Waals surface area contributed by atoms with Gasteiger partial charge in [-0.15, -0.1) is 11.3 Å². The van der Waals surface area contributed by atoms with Crippen molar-refractivity contribution in [3.05, 3.63) is 46.3 Å². The van der Waals surface area contributed by atoms with Gasteiger partial charge in [0.25, 0.3) is 0 Å². The van der Waals surface area contributed by atoms with Crippen LogP contribution >= 0.6 is 22.9 Å². The smallest absolute Gasteiger partial charge is 0.243 e. The highest BCUT2D eigenvalue weighted by molar-refractivity contribution is 7.89. The molecule has 0 saturated heterocycles.